The molecule has 2 N–H and O–H groups in total. The zero-order valence-electron chi connectivity index (χ0n) is 17.4. The van der Waals surface area contributed by atoms with Gasteiger partial charge in [-0.3, -0.25) is 4.79 Å². The van der Waals surface area contributed by atoms with Crippen LogP contribution in [0.3, 0.4) is 0 Å². The first kappa shape index (κ1) is 21.5. The number of aromatic amines is 1. The van der Waals surface area contributed by atoms with Crippen molar-refractivity contribution in [1.82, 2.24) is 14.6 Å². The van der Waals surface area contributed by atoms with Gasteiger partial charge in [-0.2, -0.15) is 4.31 Å². The van der Waals surface area contributed by atoms with Gasteiger partial charge in [0.05, 0.1) is 11.3 Å². The summed E-state index contributed by atoms with van der Waals surface area (Å²) in [5, 5.41) is 3.70. The van der Waals surface area contributed by atoms with Crippen molar-refractivity contribution in [2.24, 2.45) is 5.92 Å². The van der Waals surface area contributed by atoms with Gasteiger partial charge in [0.15, 0.2) is 0 Å². The summed E-state index contributed by atoms with van der Waals surface area (Å²) < 4.78 is 40.6. The summed E-state index contributed by atoms with van der Waals surface area (Å²) in [7, 11) is -3.47. The van der Waals surface area contributed by atoms with Crippen LogP contribution in [0.4, 0.5) is 4.39 Å². The smallest absolute Gasteiger partial charge is 0.243 e. The predicted molar refractivity (Wildman–Crippen MR) is 118 cm³/mol. The molecule has 1 aliphatic heterocycles. The fourth-order valence-corrected chi connectivity index (χ4v) is 5.65. The quantitative estimate of drug-likeness (QED) is 0.613. The molecule has 6 nitrogen and oxygen atoms in total. The maximum atomic E-state index is 13.6. The van der Waals surface area contributed by atoms with E-state index in [1.807, 2.05) is 6.92 Å². The molecule has 3 aromatic rings. The zero-order valence-corrected chi connectivity index (χ0v) is 18.2. The minimum absolute atomic E-state index is 0.118. The van der Waals surface area contributed by atoms with Gasteiger partial charge in [0.25, 0.3) is 0 Å². The SMILES string of the molecule is Cc1[nH]c2ccc(F)cc2c1CC(=O)NCC1CCN(S(=O)(=O)c2ccccc2)CC1. The van der Waals surface area contributed by atoms with E-state index in [2.05, 4.69) is 10.3 Å². The highest BCUT2D eigenvalue weighted by Gasteiger charge is 2.29. The number of H-pyrrole nitrogens is 1. The first-order valence-corrected chi connectivity index (χ1v) is 11.9. The minimum atomic E-state index is -3.47. The number of halogens is 1. The van der Waals surface area contributed by atoms with Gasteiger partial charge >= 0.3 is 0 Å². The van der Waals surface area contributed by atoms with Crippen LogP contribution in [0, 0.1) is 18.7 Å². The standard InChI is InChI=1S/C23H26FN3O3S/c1-16-20(21-13-18(24)7-8-22(21)26-16)14-23(28)25-15-17-9-11-27(12-10-17)31(29,30)19-5-3-2-4-6-19/h2-8,13,17,26H,9-12,14-15H2,1H3,(H,25,28). The second kappa shape index (κ2) is 8.80. The molecule has 0 radical (unpaired) electrons. The number of carbonyl (C=O) groups is 1. The lowest BCUT2D eigenvalue weighted by Gasteiger charge is -2.31. The van der Waals surface area contributed by atoms with Crippen molar-refractivity contribution in [2.75, 3.05) is 19.6 Å². The number of sulfonamides is 1. The van der Waals surface area contributed by atoms with Crippen LogP contribution in [0.2, 0.25) is 0 Å². The highest BCUT2D eigenvalue weighted by Crippen LogP contribution is 2.25. The fourth-order valence-electron chi connectivity index (χ4n) is 4.16. The average Bonchev–Trinajstić information content (AvgIpc) is 3.07. The molecule has 0 aliphatic carbocycles. The average molecular weight is 444 g/mol. The maximum absolute atomic E-state index is 13.6. The van der Waals surface area contributed by atoms with E-state index in [0.717, 1.165) is 22.2 Å². The highest BCUT2D eigenvalue weighted by atomic mass is 32.2. The molecule has 0 spiro atoms. The van der Waals surface area contributed by atoms with Crippen LogP contribution in [-0.4, -0.2) is 43.2 Å². The van der Waals surface area contributed by atoms with Crippen LogP contribution in [0.5, 0.6) is 0 Å². The van der Waals surface area contributed by atoms with Gasteiger partial charge in [-0.1, -0.05) is 18.2 Å². The minimum Gasteiger partial charge on any atom is -0.358 e. The molecule has 8 heteroatoms. The second-order valence-electron chi connectivity index (χ2n) is 8.06. The van der Waals surface area contributed by atoms with E-state index >= 15 is 0 Å². The third kappa shape index (κ3) is 4.65. The Kier molecular flexibility index (Phi) is 6.11. The van der Waals surface area contributed by atoms with Gasteiger partial charge in [-0.05, 0) is 61.6 Å². The van der Waals surface area contributed by atoms with Gasteiger partial charge in [0, 0.05) is 36.2 Å². The molecule has 0 saturated carbocycles. The lowest BCUT2D eigenvalue weighted by molar-refractivity contribution is -0.120. The molecule has 2 aromatic carbocycles. The molecule has 1 aliphatic rings. The summed E-state index contributed by atoms with van der Waals surface area (Å²) in [6.07, 6.45) is 1.57. The molecular weight excluding hydrogens is 417 g/mol. The van der Waals surface area contributed by atoms with Gasteiger partial charge in [-0.15, -0.1) is 0 Å². The topological polar surface area (TPSA) is 82.3 Å². The van der Waals surface area contributed by atoms with Crippen molar-refractivity contribution in [1.29, 1.82) is 0 Å². The number of hydrogen-bond acceptors (Lipinski definition) is 3. The van der Waals surface area contributed by atoms with E-state index in [1.54, 1.807) is 36.4 Å². The molecule has 0 unspecified atom stereocenters. The van der Waals surface area contributed by atoms with Crippen LogP contribution in [0.1, 0.15) is 24.1 Å². The van der Waals surface area contributed by atoms with E-state index < -0.39 is 10.0 Å². The Morgan fingerprint density at radius 2 is 1.87 bits per heavy atom. The van der Waals surface area contributed by atoms with Crippen LogP contribution in [-0.2, 0) is 21.2 Å². The number of benzene rings is 2. The monoisotopic (exact) mass is 443 g/mol. The number of piperidine rings is 1. The third-order valence-corrected chi connectivity index (χ3v) is 7.87. The third-order valence-electron chi connectivity index (χ3n) is 5.96. The molecule has 1 fully saturated rings. The number of nitrogens with one attached hydrogen (secondary N) is 2. The summed E-state index contributed by atoms with van der Waals surface area (Å²) >= 11 is 0. The van der Waals surface area contributed by atoms with Crippen molar-refractivity contribution in [3.8, 4) is 0 Å². The highest BCUT2D eigenvalue weighted by molar-refractivity contribution is 7.89. The normalized spacial score (nSPS) is 15.9. The molecule has 1 aromatic heterocycles. The number of rotatable bonds is 6. The first-order chi connectivity index (χ1) is 14.8. The predicted octanol–water partition coefficient (Wildman–Crippen LogP) is 3.38. The Balaban J connectivity index is 1.31. The van der Waals surface area contributed by atoms with Gasteiger partial charge in [0.1, 0.15) is 5.82 Å². The van der Waals surface area contributed by atoms with E-state index in [4.69, 9.17) is 0 Å². The second-order valence-corrected chi connectivity index (χ2v) is 10.00. The number of aromatic nitrogens is 1. The van der Waals surface area contributed by atoms with Gasteiger partial charge in [-0.25, -0.2) is 12.8 Å². The Morgan fingerprint density at radius 1 is 1.16 bits per heavy atom. The number of nitrogens with zero attached hydrogens (tertiary/aromatic N) is 1. The molecule has 4 rings (SSSR count). The molecule has 164 valence electrons. The van der Waals surface area contributed by atoms with Gasteiger partial charge < -0.3 is 10.3 Å². The van der Waals surface area contributed by atoms with E-state index in [1.165, 1.54) is 16.4 Å². The Morgan fingerprint density at radius 3 is 2.58 bits per heavy atom. The molecule has 0 atom stereocenters. The van der Waals surface area contributed by atoms with Crippen molar-refractivity contribution in [2.45, 2.75) is 31.1 Å². The summed E-state index contributed by atoms with van der Waals surface area (Å²) in [5.74, 6) is -0.217. The number of carbonyl (C=O) groups excluding carboxylic acids is 1. The lowest BCUT2D eigenvalue weighted by Crippen LogP contribution is -2.41. The fraction of sp³-hybridized carbons (Fsp3) is 0.348. The molecular formula is C23H26FN3O3S. The molecule has 1 saturated heterocycles. The Labute approximate surface area is 181 Å². The number of aryl methyl sites for hydroxylation is 1. The van der Waals surface area contributed by atoms with Crippen LogP contribution < -0.4 is 5.32 Å². The molecule has 2 heterocycles. The van der Waals surface area contributed by atoms with Crippen LogP contribution >= 0.6 is 0 Å². The molecule has 0 bridgehead atoms. The van der Waals surface area contributed by atoms with Gasteiger partial charge in [0.2, 0.25) is 15.9 Å². The van der Waals surface area contributed by atoms with E-state index in [0.29, 0.717) is 37.4 Å². The zero-order chi connectivity index (χ0) is 22.0. The Hall–Kier alpha value is -2.71. The first-order valence-electron chi connectivity index (χ1n) is 10.4. The van der Waals surface area contributed by atoms with Crippen LogP contribution in [0.25, 0.3) is 10.9 Å². The Bertz CT molecular complexity index is 1180. The number of amides is 1. The summed E-state index contributed by atoms with van der Waals surface area (Å²) in [5.41, 5.74) is 2.47. The van der Waals surface area contributed by atoms with E-state index in [9.17, 15) is 17.6 Å². The molecule has 31 heavy (non-hydrogen) atoms. The van der Waals surface area contributed by atoms with Crippen LogP contribution in [0.15, 0.2) is 53.4 Å². The van der Waals surface area contributed by atoms with Crippen molar-refractivity contribution >= 4 is 26.8 Å². The molecule has 1 amide bonds. The van der Waals surface area contributed by atoms with Crippen molar-refractivity contribution < 1.29 is 17.6 Å². The number of hydrogen-bond donors (Lipinski definition) is 2. The van der Waals surface area contributed by atoms with E-state index in [-0.39, 0.29) is 24.1 Å². The largest absolute Gasteiger partial charge is 0.358 e. The summed E-state index contributed by atoms with van der Waals surface area (Å²) in [6, 6.07) is 13.0. The lowest BCUT2D eigenvalue weighted by atomic mass is 9.98. The van der Waals surface area contributed by atoms with Crippen molar-refractivity contribution in [3.63, 3.8) is 0 Å². The maximum Gasteiger partial charge on any atom is 0.243 e. The van der Waals surface area contributed by atoms with Crippen molar-refractivity contribution in [3.05, 3.63) is 65.6 Å². The number of fused-ring (bicyclic) bond motifs is 1. The summed E-state index contributed by atoms with van der Waals surface area (Å²) in [6.45, 7) is 3.27. The summed E-state index contributed by atoms with van der Waals surface area (Å²) in [4.78, 5) is 16.0.